The fourth-order valence-electron chi connectivity index (χ4n) is 0.725. The maximum absolute atomic E-state index is 10.3. The van der Waals surface area contributed by atoms with Gasteiger partial charge in [0.25, 0.3) is 0 Å². The van der Waals surface area contributed by atoms with Gasteiger partial charge in [-0.25, -0.2) is 0 Å². The Morgan fingerprint density at radius 3 is 2.83 bits per heavy atom. The lowest BCUT2D eigenvalue weighted by Gasteiger charge is -1.82. The normalized spacial score (nSPS) is 9.33. The summed E-state index contributed by atoms with van der Waals surface area (Å²) in [6.45, 7) is -0.271. The number of aliphatic hydroxyl groups excluding tert-OH is 1. The number of rotatable bonds is 2. The summed E-state index contributed by atoms with van der Waals surface area (Å²) in [7, 11) is 0. The molecule has 1 aromatic heterocycles. The van der Waals surface area contributed by atoms with Gasteiger partial charge in [-0.1, -0.05) is 11.3 Å². The Kier molecular flexibility index (Phi) is 2.38. The second kappa shape index (κ2) is 3.30. The highest BCUT2D eigenvalue weighted by Crippen LogP contribution is 2.29. The molecule has 0 bridgehead atoms. The van der Waals surface area contributed by atoms with Crippen molar-refractivity contribution in [2.45, 2.75) is 6.61 Å². The van der Waals surface area contributed by atoms with Crippen LogP contribution in [-0.4, -0.2) is 10.0 Å². The minimum atomic E-state index is -0.623. The molecule has 0 saturated carbocycles. The molecule has 0 aromatic carbocycles. The van der Waals surface area contributed by atoms with Crippen LogP contribution in [0.4, 0.5) is 5.00 Å². The third kappa shape index (κ3) is 1.42. The van der Waals surface area contributed by atoms with Crippen LogP contribution in [0.5, 0.6) is 0 Å². The molecule has 0 fully saturated rings. The van der Waals surface area contributed by atoms with Gasteiger partial charge in [0.05, 0.1) is 11.5 Å². The van der Waals surface area contributed by atoms with Crippen molar-refractivity contribution in [3.05, 3.63) is 26.6 Å². The Hall–Kier alpha value is -1.45. The van der Waals surface area contributed by atoms with Crippen LogP contribution in [0.1, 0.15) is 10.4 Å². The number of hydrogen-bond donors (Lipinski definition) is 1. The molecule has 0 saturated heterocycles. The second-order valence-corrected chi connectivity index (χ2v) is 3.07. The van der Waals surface area contributed by atoms with Crippen LogP contribution in [0.25, 0.3) is 0 Å². The van der Waals surface area contributed by atoms with E-state index >= 15 is 0 Å². The monoisotopic (exact) mass is 184 g/mol. The third-order valence-corrected chi connectivity index (χ3v) is 2.28. The Balaban J connectivity index is 3.19. The molecule has 5 nitrogen and oxygen atoms in total. The zero-order valence-corrected chi connectivity index (χ0v) is 6.67. The van der Waals surface area contributed by atoms with E-state index < -0.39 is 4.92 Å². The van der Waals surface area contributed by atoms with Gasteiger partial charge in [0.15, 0.2) is 0 Å². The van der Waals surface area contributed by atoms with Gasteiger partial charge in [0, 0.05) is 4.88 Å². The van der Waals surface area contributed by atoms with Gasteiger partial charge in [-0.05, 0) is 6.07 Å². The van der Waals surface area contributed by atoms with Crippen molar-refractivity contribution in [1.29, 1.82) is 5.26 Å². The molecule has 0 spiro atoms. The van der Waals surface area contributed by atoms with E-state index in [4.69, 9.17) is 10.4 Å². The predicted octanol–water partition coefficient (Wildman–Crippen LogP) is 1.02. The highest BCUT2D eigenvalue weighted by molar-refractivity contribution is 7.15. The summed E-state index contributed by atoms with van der Waals surface area (Å²) < 4.78 is 0. The zero-order chi connectivity index (χ0) is 9.14. The smallest absolute Gasteiger partial charge is 0.342 e. The molecule has 1 rings (SSSR count). The van der Waals surface area contributed by atoms with Crippen LogP contribution in [0.2, 0.25) is 0 Å². The first-order chi connectivity index (χ1) is 5.69. The Labute approximate surface area is 71.6 Å². The van der Waals surface area contributed by atoms with Crippen LogP contribution in [0.3, 0.4) is 0 Å². The van der Waals surface area contributed by atoms with E-state index in [1.165, 1.54) is 6.07 Å². The Bertz CT molecular complexity index is 352. The quantitative estimate of drug-likeness (QED) is 0.549. The molecule has 0 radical (unpaired) electrons. The molecule has 1 aromatic rings. The maximum atomic E-state index is 10.3. The lowest BCUT2D eigenvalue weighted by molar-refractivity contribution is -0.380. The first kappa shape index (κ1) is 8.64. The molecule has 0 aliphatic rings. The summed E-state index contributed by atoms with van der Waals surface area (Å²) in [6.07, 6.45) is 0. The van der Waals surface area contributed by atoms with Crippen molar-refractivity contribution >= 4 is 16.3 Å². The predicted molar refractivity (Wildman–Crippen MR) is 41.6 cm³/mol. The number of thiophene rings is 1. The molecule has 0 amide bonds. The Morgan fingerprint density at radius 1 is 1.83 bits per heavy atom. The van der Waals surface area contributed by atoms with E-state index in [1.807, 2.05) is 0 Å². The molecule has 6 heteroatoms. The van der Waals surface area contributed by atoms with Crippen LogP contribution in [-0.2, 0) is 6.61 Å². The number of aliphatic hydroxyl groups is 1. The van der Waals surface area contributed by atoms with E-state index in [-0.39, 0.29) is 17.2 Å². The first-order valence-electron chi connectivity index (χ1n) is 2.97. The minimum absolute atomic E-state index is 0.00838. The van der Waals surface area contributed by atoms with Crippen molar-refractivity contribution in [3.63, 3.8) is 0 Å². The summed E-state index contributed by atoms with van der Waals surface area (Å²) in [6, 6.07) is 3.01. The average molecular weight is 184 g/mol. The van der Waals surface area contributed by atoms with E-state index in [0.717, 1.165) is 11.3 Å². The van der Waals surface area contributed by atoms with E-state index in [0.29, 0.717) is 4.88 Å². The molecule has 62 valence electrons. The molecule has 0 atom stereocenters. The molecule has 1 N–H and O–H groups in total. The number of nitrogens with zero attached hydrogens (tertiary/aromatic N) is 2. The number of nitro groups is 1. The minimum Gasteiger partial charge on any atom is -0.391 e. The molecular weight excluding hydrogens is 180 g/mol. The summed E-state index contributed by atoms with van der Waals surface area (Å²) in [5.41, 5.74) is 0.00838. The van der Waals surface area contributed by atoms with Gasteiger partial charge in [-0.2, -0.15) is 5.26 Å². The lowest BCUT2D eigenvalue weighted by atomic mass is 10.3. The van der Waals surface area contributed by atoms with Crippen molar-refractivity contribution in [3.8, 4) is 6.07 Å². The van der Waals surface area contributed by atoms with Gasteiger partial charge in [0.1, 0.15) is 11.6 Å². The summed E-state index contributed by atoms with van der Waals surface area (Å²) in [5, 5.41) is 27.2. The molecule has 0 aliphatic heterocycles. The van der Waals surface area contributed by atoms with Crippen LogP contribution in [0, 0.1) is 21.4 Å². The molecular formula is C6H4N2O3S. The summed E-state index contributed by atoms with van der Waals surface area (Å²) in [4.78, 5) is 10.1. The molecule has 12 heavy (non-hydrogen) atoms. The van der Waals surface area contributed by atoms with Gasteiger partial charge in [0.2, 0.25) is 0 Å². The molecule has 0 aliphatic carbocycles. The fourth-order valence-corrected chi connectivity index (χ4v) is 1.50. The van der Waals surface area contributed by atoms with E-state index in [2.05, 4.69) is 0 Å². The SMILES string of the molecule is N#Cc1cc(CO)sc1[N+](=O)[O-]. The van der Waals surface area contributed by atoms with Crippen molar-refractivity contribution < 1.29 is 10.0 Å². The first-order valence-corrected chi connectivity index (χ1v) is 3.78. The topological polar surface area (TPSA) is 87.2 Å². The summed E-state index contributed by atoms with van der Waals surface area (Å²) in [5.74, 6) is 0. The molecule has 1 heterocycles. The highest BCUT2D eigenvalue weighted by Gasteiger charge is 2.17. The maximum Gasteiger partial charge on any atom is 0.342 e. The highest BCUT2D eigenvalue weighted by atomic mass is 32.1. The average Bonchev–Trinajstić information content (AvgIpc) is 2.47. The largest absolute Gasteiger partial charge is 0.391 e. The van der Waals surface area contributed by atoms with Crippen LogP contribution in [0.15, 0.2) is 6.07 Å². The number of hydrogen-bond acceptors (Lipinski definition) is 5. The van der Waals surface area contributed by atoms with Crippen LogP contribution >= 0.6 is 11.3 Å². The Morgan fingerprint density at radius 2 is 2.50 bits per heavy atom. The summed E-state index contributed by atoms with van der Waals surface area (Å²) >= 11 is 0.821. The molecule has 0 unspecified atom stereocenters. The van der Waals surface area contributed by atoms with Crippen molar-refractivity contribution in [2.24, 2.45) is 0 Å². The number of nitriles is 1. The van der Waals surface area contributed by atoms with Crippen LogP contribution < -0.4 is 0 Å². The van der Waals surface area contributed by atoms with Gasteiger partial charge in [-0.15, -0.1) is 0 Å². The van der Waals surface area contributed by atoms with Crippen molar-refractivity contribution in [1.82, 2.24) is 0 Å². The second-order valence-electron chi connectivity index (χ2n) is 1.96. The van der Waals surface area contributed by atoms with Gasteiger partial charge in [-0.3, -0.25) is 10.1 Å². The lowest BCUT2D eigenvalue weighted by Crippen LogP contribution is -1.85. The fraction of sp³-hybridized carbons (Fsp3) is 0.167. The van der Waals surface area contributed by atoms with Crippen molar-refractivity contribution in [2.75, 3.05) is 0 Å². The van der Waals surface area contributed by atoms with E-state index in [9.17, 15) is 10.1 Å². The zero-order valence-electron chi connectivity index (χ0n) is 5.85. The van der Waals surface area contributed by atoms with Gasteiger partial charge >= 0.3 is 5.00 Å². The van der Waals surface area contributed by atoms with E-state index in [1.54, 1.807) is 6.07 Å². The van der Waals surface area contributed by atoms with Gasteiger partial charge < -0.3 is 5.11 Å². The standard InChI is InChI=1S/C6H4N2O3S/c7-2-4-1-5(3-9)12-6(4)8(10)11/h1,9H,3H2. The third-order valence-electron chi connectivity index (χ3n) is 1.21.